The van der Waals surface area contributed by atoms with E-state index in [1.165, 1.54) is 0 Å². The fourth-order valence-electron chi connectivity index (χ4n) is 0.919. The molecule has 0 heterocycles. The van der Waals surface area contributed by atoms with E-state index in [9.17, 15) is 4.79 Å². The van der Waals surface area contributed by atoms with Crippen LogP contribution in [0.5, 0.6) is 0 Å². The van der Waals surface area contributed by atoms with Crippen LogP contribution in [0.2, 0.25) is 0 Å². The fourth-order valence-corrected chi connectivity index (χ4v) is 0.919. The molecule has 0 spiro atoms. The minimum Gasteiger partial charge on any atom is -0.432 e. The lowest BCUT2D eigenvalue weighted by Gasteiger charge is -2.05. The number of esters is 1. The molecule has 0 unspecified atom stereocenters. The number of rotatable bonds is 6. The molecule has 0 N–H and O–H groups in total. The van der Waals surface area contributed by atoms with E-state index in [-0.39, 0.29) is 6.79 Å². The van der Waals surface area contributed by atoms with Gasteiger partial charge in [0.25, 0.3) is 0 Å². The van der Waals surface area contributed by atoms with Gasteiger partial charge in [0.1, 0.15) is 6.61 Å². The van der Waals surface area contributed by atoms with Crippen molar-refractivity contribution in [3.05, 3.63) is 48.0 Å². The van der Waals surface area contributed by atoms with Crippen molar-refractivity contribution in [3.63, 3.8) is 0 Å². The quantitative estimate of drug-likeness (QED) is 0.185. The van der Waals surface area contributed by atoms with Crippen molar-refractivity contribution in [1.82, 2.24) is 0 Å². The molecule has 4 nitrogen and oxygen atoms in total. The first-order valence-corrected chi connectivity index (χ1v) is 4.81. The first kappa shape index (κ1) is 12.4. The van der Waals surface area contributed by atoms with Gasteiger partial charge in [-0.25, -0.2) is 9.68 Å². The zero-order valence-electron chi connectivity index (χ0n) is 9.14. The summed E-state index contributed by atoms with van der Waals surface area (Å²) in [6, 6.07) is 9.53. The van der Waals surface area contributed by atoms with Crippen LogP contribution in [0.15, 0.2) is 42.5 Å². The van der Waals surface area contributed by atoms with Crippen LogP contribution >= 0.6 is 0 Å². The van der Waals surface area contributed by atoms with Crippen LogP contribution in [0.4, 0.5) is 0 Å². The summed E-state index contributed by atoms with van der Waals surface area (Å²) in [7, 11) is 0. The number of hydrogen-bond donors (Lipinski definition) is 0. The van der Waals surface area contributed by atoms with Gasteiger partial charge in [-0.2, -0.15) is 4.89 Å². The van der Waals surface area contributed by atoms with Gasteiger partial charge in [-0.3, -0.25) is 0 Å². The van der Waals surface area contributed by atoms with Gasteiger partial charge in [0, 0.05) is 5.57 Å². The van der Waals surface area contributed by atoms with Gasteiger partial charge in [0.2, 0.25) is 6.79 Å². The Morgan fingerprint density at radius 1 is 1.25 bits per heavy atom. The SMILES string of the molecule is C=C(C)C(=O)OCOOCc1ccccc1. The third kappa shape index (κ3) is 4.72. The Morgan fingerprint density at radius 2 is 1.94 bits per heavy atom. The largest absolute Gasteiger partial charge is 0.432 e. The third-order valence-corrected chi connectivity index (χ3v) is 1.74. The molecule has 0 saturated heterocycles. The van der Waals surface area contributed by atoms with E-state index in [1.807, 2.05) is 30.3 Å². The Bertz CT molecular complexity index is 345. The molecule has 0 bridgehead atoms. The molecule has 1 aromatic carbocycles. The maximum absolute atomic E-state index is 10.9. The Hall–Kier alpha value is -1.65. The van der Waals surface area contributed by atoms with E-state index in [0.29, 0.717) is 12.2 Å². The average Bonchev–Trinajstić information content (AvgIpc) is 2.29. The number of carbonyl (C=O) groups is 1. The van der Waals surface area contributed by atoms with Crippen LogP contribution in [-0.4, -0.2) is 12.8 Å². The Kier molecular flexibility index (Phi) is 5.25. The van der Waals surface area contributed by atoms with Crippen molar-refractivity contribution in [1.29, 1.82) is 0 Å². The summed E-state index contributed by atoms with van der Waals surface area (Å²) in [5.74, 6) is -0.497. The third-order valence-electron chi connectivity index (χ3n) is 1.74. The number of ether oxygens (including phenoxy) is 1. The van der Waals surface area contributed by atoms with Gasteiger partial charge in [0.05, 0.1) is 0 Å². The van der Waals surface area contributed by atoms with Crippen LogP contribution in [0.3, 0.4) is 0 Å². The van der Waals surface area contributed by atoms with E-state index >= 15 is 0 Å². The van der Waals surface area contributed by atoms with Crippen molar-refractivity contribution in [3.8, 4) is 0 Å². The van der Waals surface area contributed by atoms with Gasteiger partial charge < -0.3 is 4.74 Å². The van der Waals surface area contributed by atoms with E-state index < -0.39 is 5.97 Å². The van der Waals surface area contributed by atoms with Gasteiger partial charge >= 0.3 is 5.97 Å². The van der Waals surface area contributed by atoms with Crippen molar-refractivity contribution >= 4 is 5.97 Å². The highest BCUT2D eigenvalue weighted by Crippen LogP contribution is 2.01. The lowest BCUT2D eigenvalue weighted by atomic mass is 10.2. The first-order valence-electron chi connectivity index (χ1n) is 4.81. The van der Waals surface area contributed by atoms with E-state index in [2.05, 4.69) is 16.2 Å². The smallest absolute Gasteiger partial charge is 0.335 e. The molecule has 0 saturated carbocycles. The minimum atomic E-state index is -0.497. The highest BCUT2D eigenvalue weighted by Gasteiger charge is 2.02. The molecule has 4 heteroatoms. The van der Waals surface area contributed by atoms with E-state index in [1.54, 1.807) is 6.92 Å². The second kappa shape index (κ2) is 6.76. The number of hydrogen-bond acceptors (Lipinski definition) is 4. The summed E-state index contributed by atoms with van der Waals surface area (Å²) >= 11 is 0. The first-order chi connectivity index (χ1) is 7.70. The minimum absolute atomic E-state index is 0.238. The zero-order chi connectivity index (χ0) is 11.8. The molecule has 0 fully saturated rings. The molecule has 1 rings (SSSR count). The molecule has 0 aromatic heterocycles. The Morgan fingerprint density at radius 3 is 2.56 bits per heavy atom. The standard InChI is InChI=1S/C12H14O4/c1-10(2)12(13)14-9-16-15-8-11-6-4-3-5-7-11/h3-7H,1,8-9H2,2H3. The molecule has 0 aliphatic rings. The molecule has 0 radical (unpaired) electrons. The fraction of sp³-hybridized carbons (Fsp3) is 0.250. The lowest BCUT2D eigenvalue weighted by Crippen LogP contribution is -2.09. The van der Waals surface area contributed by atoms with Crippen molar-refractivity contribution < 1.29 is 19.3 Å². The zero-order valence-corrected chi connectivity index (χ0v) is 9.14. The topological polar surface area (TPSA) is 44.8 Å². The molecule has 86 valence electrons. The summed E-state index contributed by atoms with van der Waals surface area (Å²) in [6.45, 7) is 5.07. The normalized spacial score (nSPS) is 9.81. The van der Waals surface area contributed by atoms with Crippen LogP contribution in [-0.2, 0) is 25.9 Å². The molecule has 0 aliphatic heterocycles. The maximum atomic E-state index is 10.9. The number of benzene rings is 1. The molecule has 0 amide bonds. The summed E-state index contributed by atoms with van der Waals surface area (Å²) in [5.41, 5.74) is 1.31. The summed E-state index contributed by atoms with van der Waals surface area (Å²) in [6.07, 6.45) is 0. The summed E-state index contributed by atoms with van der Waals surface area (Å²) < 4.78 is 4.66. The van der Waals surface area contributed by atoms with Crippen LogP contribution in [0.25, 0.3) is 0 Å². The van der Waals surface area contributed by atoms with Crippen LogP contribution < -0.4 is 0 Å². The predicted molar refractivity (Wildman–Crippen MR) is 58.1 cm³/mol. The highest BCUT2D eigenvalue weighted by atomic mass is 17.2. The number of carbonyl (C=O) groups excluding carboxylic acids is 1. The Balaban J connectivity index is 2.09. The average molecular weight is 222 g/mol. The van der Waals surface area contributed by atoms with Crippen LogP contribution in [0.1, 0.15) is 12.5 Å². The second-order valence-electron chi connectivity index (χ2n) is 3.20. The summed E-state index contributed by atoms with van der Waals surface area (Å²) in [5, 5.41) is 0. The van der Waals surface area contributed by atoms with Gasteiger partial charge in [-0.15, -0.1) is 0 Å². The molecular formula is C12H14O4. The molecule has 16 heavy (non-hydrogen) atoms. The maximum Gasteiger partial charge on any atom is 0.335 e. The van der Waals surface area contributed by atoms with Crippen molar-refractivity contribution in [2.75, 3.05) is 6.79 Å². The molecule has 1 aromatic rings. The van der Waals surface area contributed by atoms with Crippen molar-refractivity contribution in [2.45, 2.75) is 13.5 Å². The van der Waals surface area contributed by atoms with Crippen molar-refractivity contribution in [2.24, 2.45) is 0 Å². The van der Waals surface area contributed by atoms with Gasteiger partial charge in [-0.05, 0) is 12.5 Å². The lowest BCUT2D eigenvalue weighted by molar-refractivity contribution is -0.337. The van der Waals surface area contributed by atoms with Crippen LogP contribution in [0, 0.1) is 0 Å². The van der Waals surface area contributed by atoms with Gasteiger partial charge in [0.15, 0.2) is 0 Å². The Labute approximate surface area is 94.4 Å². The highest BCUT2D eigenvalue weighted by molar-refractivity contribution is 5.86. The monoisotopic (exact) mass is 222 g/mol. The molecular weight excluding hydrogens is 208 g/mol. The van der Waals surface area contributed by atoms with Gasteiger partial charge in [-0.1, -0.05) is 36.9 Å². The second-order valence-corrected chi connectivity index (χ2v) is 3.20. The van der Waals surface area contributed by atoms with E-state index in [0.717, 1.165) is 5.56 Å². The summed E-state index contributed by atoms with van der Waals surface area (Å²) in [4.78, 5) is 20.4. The predicted octanol–water partition coefficient (Wildman–Crippen LogP) is 2.21. The van der Waals surface area contributed by atoms with E-state index in [4.69, 9.17) is 4.89 Å². The molecule has 0 aliphatic carbocycles. The molecule has 0 atom stereocenters.